The van der Waals surface area contributed by atoms with Crippen LogP contribution in [0.3, 0.4) is 0 Å². The largest absolute Gasteiger partial charge is 0.326 e. The summed E-state index contributed by atoms with van der Waals surface area (Å²) in [6, 6.07) is 8.21. The number of carbonyl (C=O) groups excluding carboxylic acids is 1. The van der Waals surface area contributed by atoms with Gasteiger partial charge < -0.3 is 5.32 Å². The Kier molecular flexibility index (Phi) is 3.51. The number of amides is 1. The minimum absolute atomic E-state index is 0.239. The van der Waals surface area contributed by atoms with Crippen LogP contribution in [0.2, 0.25) is 0 Å². The predicted molar refractivity (Wildman–Crippen MR) is 89.7 cm³/mol. The summed E-state index contributed by atoms with van der Waals surface area (Å²) in [5.41, 5.74) is 2.58. The molecule has 2 nitrogen and oxygen atoms in total. The lowest BCUT2D eigenvalue weighted by Crippen LogP contribution is -2.47. The highest BCUT2D eigenvalue weighted by Gasteiger charge is 2.51. The summed E-state index contributed by atoms with van der Waals surface area (Å²) in [4.78, 5) is 12.7. The van der Waals surface area contributed by atoms with Gasteiger partial charge in [-0.2, -0.15) is 0 Å². The minimum atomic E-state index is 0.239. The van der Waals surface area contributed by atoms with E-state index in [1.54, 1.807) is 0 Å². The van der Waals surface area contributed by atoms with Crippen molar-refractivity contribution in [3.63, 3.8) is 0 Å². The van der Waals surface area contributed by atoms with E-state index in [4.69, 9.17) is 0 Å². The molecule has 1 amide bonds. The van der Waals surface area contributed by atoms with Crippen LogP contribution in [0.15, 0.2) is 24.3 Å². The third-order valence-corrected chi connectivity index (χ3v) is 6.37. The molecule has 4 bridgehead atoms. The second-order valence-corrected chi connectivity index (χ2v) is 8.15. The Labute approximate surface area is 133 Å². The van der Waals surface area contributed by atoms with Crippen LogP contribution in [0.25, 0.3) is 0 Å². The van der Waals surface area contributed by atoms with Crippen LogP contribution in [-0.2, 0) is 11.2 Å². The number of aryl methyl sites for hydroxylation is 1. The molecule has 4 aliphatic rings. The van der Waals surface area contributed by atoms with Gasteiger partial charge >= 0.3 is 0 Å². The van der Waals surface area contributed by atoms with Gasteiger partial charge in [-0.05, 0) is 79.7 Å². The summed E-state index contributed by atoms with van der Waals surface area (Å²) >= 11 is 0. The van der Waals surface area contributed by atoms with Crippen LogP contribution in [-0.4, -0.2) is 5.91 Å². The lowest BCUT2D eigenvalue weighted by molar-refractivity contribution is -0.124. The molecule has 1 aromatic carbocycles. The lowest BCUT2D eigenvalue weighted by atomic mass is 9.49. The van der Waals surface area contributed by atoms with Gasteiger partial charge in [-0.15, -0.1) is 0 Å². The molecule has 0 aromatic heterocycles. The maximum atomic E-state index is 12.7. The van der Waals surface area contributed by atoms with Gasteiger partial charge in [-0.25, -0.2) is 0 Å². The van der Waals surface area contributed by atoms with Gasteiger partial charge in [0.15, 0.2) is 0 Å². The standard InChI is InChI=1S/C20H27NO/c1-2-17-5-3-4-6-18(17)21-19(22)13-20-10-14-7-15(11-20)9-16(8-14)12-20/h3-6,14-16H,2,7-13H2,1H3,(H,21,22). The number of nitrogens with one attached hydrogen (secondary N) is 1. The fourth-order valence-corrected chi connectivity index (χ4v) is 5.99. The van der Waals surface area contributed by atoms with E-state index in [1.807, 2.05) is 18.2 Å². The van der Waals surface area contributed by atoms with Crippen LogP contribution in [0.1, 0.15) is 57.4 Å². The molecule has 118 valence electrons. The Morgan fingerprint density at radius 1 is 1.09 bits per heavy atom. The Morgan fingerprint density at radius 2 is 1.68 bits per heavy atom. The molecule has 2 heteroatoms. The number of hydrogen-bond acceptors (Lipinski definition) is 1. The Morgan fingerprint density at radius 3 is 2.27 bits per heavy atom. The third kappa shape index (κ3) is 2.57. The van der Waals surface area contributed by atoms with E-state index in [-0.39, 0.29) is 5.91 Å². The number of carbonyl (C=O) groups is 1. The van der Waals surface area contributed by atoms with E-state index in [1.165, 1.54) is 44.1 Å². The van der Waals surface area contributed by atoms with Crippen LogP contribution < -0.4 is 5.32 Å². The number of anilines is 1. The number of benzene rings is 1. The summed E-state index contributed by atoms with van der Waals surface area (Å²) in [5, 5.41) is 3.20. The van der Waals surface area contributed by atoms with Crippen molar-refractivity contribution in [2.75, 3.05) is 5.32 Å². The molecule has 0 heterocycles. The third-order valence-electron chi connectivity index (χ3n) is 6.37. The van der Waals surface area contributed by atoms with Crippen LogP contribution in [0, 0.1) is 23.2 Å². The molecule has 0 unspecified atom stereocenters. The average molecular weight is 297 g/mol. The molecular formula is C20H27NO. The fourth-order valence-electron chi connectivity index (χ4n) is 5.99. The zero-order chi connectivity index (χ0) is 15.2. The van der Waals surface area contributed by atoms with E-state index in [0.29, 0.717) is 5.41 Å². The summed E-state index contributed by atoms with van der Waals surface area (Å²) in [6.45, 7) is 2.14. The van der Waals surface area contributed by atoms with Crippen molar-refractivity contribution in [3.8, 4) is 0 Å². The number of hydrogen-bond donors (Lipinski definition) is 1. The number of para-hydroxylation sites is 1. The lowest BCUT2D eigenvalue weighted by Gasteiger charge is -2.56. The van der Waals surface area contributed by atoms with Crippen molar-refractivity contribution in [1.29, 1.82) is 0 Å². The predicted octanol–water partition coefficient (Wildman–Crippen LogP) is 4.79. The Balaban J connectivity index is 1.46. The molecule has 1 N–H and O–H groups in total. The average Bonchev–Trinajstić information content (AvgIpc) is 2.45. The van der Waals surface area contributed by atoms with Crippen molar-refractivity contribution >= 4 is 11.6 Å². The first kappa shape index (κ1) is 14.3. The molecule has 4 fully saturated rings. The van der Waals surface area contributed by atoms with Crippen LogP contribution in [0.4, 0.5) is 5.69 Å². The Bertz CT molecular complexity index is 542. The zero-order valence-corrected chi connectivity index (χ0v) is 13.6. The summed E-state index contributed by atoms with van der Waals surface area (Å²) in [7, 11) is 0. The van der Waals surface area contributed by atoms with Crippen LogP contribution in [0.5, 0.6) is 0 Å². The van der Waals surface area contributed by atoms with Crippen molar-refractivity contribution in [3.05, 3.63) is 29.8 Å². The van der Waals surface area contributed by atoms with E-state index in [2.05, 4.69) is 18.3 Å². The molecule has 5 rings (SSSR count). The van der Waals surface area contributed by atoms with Gasteiger partial charge in [0.25, 0.3) is 0 Å². The molecule has 0 aliphatic heterocycles. The number of rotatable bonds is 4. The minimum Gasteiger partial charge on any atom is -0.326 e. The van der Waals surface area contributed by atoms with Gasteiger partial charge in [-0.1, -0.05) is 25.1 Å². The van der Waals surface area contributed by atoms with Gasteiger partial charge in [0.2, 0.25) is 5.91 Å². The maximum absolute atomic E-state index is 12.7. The summed E-state index contributed by atoms with van der Waals surface area (Å²) in [6.07, 6.45) is 9.96. The smallest absolute Gasteiger partial charge is 0.224 e. The molecular weight excluding hydrogens is 270 g/mol. The molecule has 0 radical (unpaired) electrons. The molecule has 4 aliphatic carbocycles. The fraction of sp³-hybridized carbons (Fsp3) is 0.650. The summed E-state index contributed by atoms with van der Waals surface area (Å²) in [5.74, 6) is 2.99. The topological polar surface area (TPSA) is 29.1 Å². The van der Waals surface area contributed by atoms with Gasteiger partial charge in [-0.3, -0.25) is 4.79 Å². The first-order chi connectivity index (χ1) is 10.7. The van der Waals surface area contributed by atoms with E-state index >= 15 is 0 Å². The van der Waals surface area contributed by atoms with Crippen molar-refractivity contribution < 1.29 is 4.79 Å². The normalized spacial score (nSPS) is 35.6. The first-order valence-corrected chi connectivity index (χ1v) is 9.03. The monoisotopic (exact) mass is 297 g/mol. The Hall–Kier alpha value is -1.31. The highest BCUT2D eigenvalue weighted by Crippen LogP contribution is 2.61. The molecule has 4 saturated carbocycles. The second kappa shape index (κ2) is 5.40. The second-order valence-electron chi connectivity index (χ2n) is 8.15. The van der Waals surface area contributed by atoms with Crippen LogP contribution >= 0.6 is 0 Å². The van der Waals surface area contributed by atoms with Crippen molar-refractivity contribution in [2.24, 2.45) is 23.2 Å². The molecule has 0 saturated heterocycles. The zero-order valence-electron chi connectivity index (χ0n) is 13.6. The van der Waals surface area contributed by atoms with Gasteiger partial charge in [0.1, 0.15) is 0 Å². The summed E-state index contributed by atoms with van der Waals surface area (Å²) < 4.78 is 0. The van der Waals surface area contributed by atoms with E-state index in [9.17, 15) is 4.79 Å². The van der Waals surface area contributed by atoms with Crippen molar-refractivity contribution in [2.45, 2.75) is 58.3 Å². The first-order valence-electron chi connectivity index (χ1n) is 9.03. The quantitative estimate of drug-likeness (QED) is 0.850. The maximum Gasteiger partial charge on any atom is 0.224 e. The molecule has 0 spiro atoms. The highest BCUT2D eigenvalue weighted by atomic mass is 16.1. The van der Waals surface area contributed by atoms with Gasteiger partial charge in [0.05, 0.1) is 0 Å². The molecule has 0 atom stereocenters. The van der Waals surface area contributed by atoms with Gasteiger partial charge in [0, 0.05) is 12.1 Å². The van der Waals surface area contributed by atoms with E-state index < -0.39 is 0 Å². The molecule has 1 aromatic rings. The SMILES string of the molecule is CCc1ccccc1NC(=O)CC12CC3CC(CC(C3)C1)C2. The van der Waals surface area contributed by atoms with E-state index in [0.717, 1.165) is 36.3 Å². The highest BCUT2D eigenvalue weighted by molar-refractivity contribution is 5.92. The molecule has 22 heavy (non-hydrogen) atoms. The van der Waals surface area contributed by atoms with Crippen molar-refractivity contribution in [1.82, 2.24) is 0 Å².